The second-order valence-corrected chi connectivity index (χ2v) is 5.68. The normalized spacial score (nSPS) is 10.3. The molecule has 0 spiro atoms. The molecule has 5 heteroatoms. The monoisotopic (exact) mass is 371 g/mol. The van der Waals surface area contributed by atoms with Crippen LogP contribution in [0.5, 0.6) is 0 Å². The highest BCUT2D eigenvalue weighted by atomic mass is 79.9. The van der Waals surface area contributed by atoms with Gasteiger partial charge in [0.25, 0.3) is 0 Å². The van der Waals surface area contributed by atoms with Gasteiger partial charge in [-0.05, 0) is 35.4 Å². The third-order valence-corrected chi connectivity index (χ3v) is 4.10. The van der Waals surface area contributed by atoms with Crippen LogP contribution in [0, 0.1) is 0 Å². The molecule has 20 heavy (non-hydrogen) atoms. The lowest BCUT2D eigenvalue weighted by atomic mass is 10.1. The minimum Gasteiger partial charge on any atom is -0.326 e. The van der Waals surface area contributed by atoms with Crippen molar-refractivity contribution in [2.75, 3.05) is 5.32 Å². The van der Waals surface area contributed by atoms with Crippen molar-refractivity contribution in [3.05, 3.63) is 63.6 Å². The van der Waals surface area contributed by atoms with Gasteiger partial charge in [-0.25, -0.2) is 0 Å². The fourth-order valence-corrected chi connectivity index (χ4v) is 2.44. The number of rotatable bonds is 4. The molecule has 0 aliphatic heterocycles. The smallest absolute Gasteiger partial charge is 0.228 e. The lowest BCUT2D eigenvalue weighted by Crippen LogP contribution is -2.14. The molecule has 2 aromatic rings. The number of hydrogen-bond donors (Lipinski definition) is 1. The lowest BCUT2D eigenvalue weighted by molar-refractivity contribution is -0.115. The van der Waals surface area contributed by atoms with E-state index in [9.17, 15) is 4.79 Å². The summed E-state index contributed by atoms with van der Waals surface area (Å²) < 4.78 is 0. The summed E-state index contributed by atoms with van der Waals surface area (Å²) in [5, 5.41) is 4.56. The Bertz CT molecular complexity index is 631. The SMILES string of the molecule is O=C(Cc1ccc(Cl)c(Cl)c1)Nc1cccc(CBr)c1. The highest BCUT2D eigenvalue weighted by Gasteiger charge is 2.06. The van der Waals surface area contributed by atoms with Crippen molar-refractivity contribution in [3.63, 3.8) is 0 Å². The first kappa shape index (κ1) is 15.4. The summed E-state index contributed by atoms with van der Waals surface area (Å²) in [5.41, 5.74) is 2.72. The first-order valence-corrected chi connectivity index (χ1v) is 7.85. The molecule has 1 N–H and O–H groups in total. The summed E-state index contributed by atoms with van der Waals surface area (Å²) in [6.07, 6.45) is 0.259. The fourth-order valence-electron chi connectivity index (χ4n) is 1.77. The van der Waals surface area contributed by atoms with E-state index < -0.39 is 0 Å². The Labute approximate surface area is 136 Å². The quantitative estimate of drug-likeness (QED) is 0.746. The topological polar surface area (TPSA) is 29.1 Å². The zero-order valence-electron chi connectivity index (χ0n) is 10.5. The van der Waals surface area contributed by atoms with Crippen LogP contribution in [0.15, 0.2) is 42.5 Å². The summed E-state index contributed by atoms with van der Waals surface area (Å²) in [6, 6.07) is 12.9. The Morgan fingerprint density at radius 3 is 2.55 bits per heavy atom. The Morgan fingerprint density at radius 2 is 1.85 bits per heavy atom. The summed E-state index contributed by atoms with van der Waals surface area (Å²) in [5.74, 6) is -0.0879. The van der Waals surface area contributed by atoms with E-state index in [1.165, 1.54) is 0 Å². The minimum absolute atomic E-state index is 0.0879. The van der Waals surface area contributed by atoms with Crippen LogP contribution in [0.2, 0.25) is 10.0 Å². The third-order valence-electron chi connectivity index (χ3n) is 2.71. The molecular weight excluding hydrogens is 361 g/mol. The number of amides is 1. The molecular formula is C15H12BrCl2NO. The number of alkyl halides is 1. The first-order chi connectivity index (χ1) is 9.58. The molecule has 0 heterocycles. The van der Waals surface area contributed by atoms with E-state index >= 15 is 0 Å². The van der Waals surface area contributed by atoms with Crippen molar-refractivity contribution in [2.24, 2.45) is 0 Å². The zero-order chi connectivity index (χ0) is 14.5. The summed E-state index contributed by atoms with van der Waals surface area (Å²) in [7, 11) is 0. The number of anilines is 1. The number of halogens is 3. The van der Waals surface area contributed by atoms with Crippen LogP contribution in [-0.2, 0) is 16.5 Å². The second kappa shape index (κ2) is 7.11. The van der Waals surface area contributed by atoms with Gasteiger partial charge in [-0.1, -0.05) is 57.3 Å². The molecule has 0 fully saturated rings. The van der Waals surface area contributed by atoms with E-state index in [-0.39, 0.29) is 12.3 Å². The van der Waals surface area contributed by atoms with E-state index in [2.05, 4.69) is 21.2 Å². The molecule has 2 rings (SSSR count). The largest absolute Gasteiger partial charge is 0.326 e. The van der Waals surface area contributed by atoms with Crippen molar-refractivity contribution in [2.45, 2.75) is 11.8 Å². The van der Waals surface area contributed by atoms with Gasteiger partial charge in [-0.2, -0.15) is 0 Å². The Balaban J connectivity index is 2.03. The van der Waals surface area contributed by atoms with Crippen LogP contribution < -0.4 is 5.32 Å². The number of nitrogens with one attached hydrogen (secondary N) is 1. The van der Waals surface area contributed by atoms with Crippen LogP contribution in [0.4, 0.5) is 5.69 Å². The zero-order valence-corrected chi connectivity index (χ0v) is 13.6. The van der Waals surface area contributed by atoms with E-state index in [0.29, 0.717) is 10.0 Å². The molecule has 0 saturated carbocycles. The van der Waals surface area contributed by atoms with Crippen molar-refractivity contribution < 1.29 is 4.79 Å². The Kier molecular flexibility index (Phi) is 5.46. The van der Waals surface area contributed by atoms with Crippen molar-refractivity contribution in [1.29, 1.82) is 0 Å². The molecule has 0 atom stereocenters. The van der Waals surface area contributed by atoms with Gasteiger partial charge >= 0.3 is 0 Å². The van der Waals surface area contributed by atoms with Crippen molar-refractivity contribution in [3.8, 4) is 0 Å². The maximum absolute atomic E-state index is 12.0. The third kappa shape index (κ3) is 4.23. The van der Waals surface area contributed by atoms with Gasteiger partial charge in [0, 0.05) is 11.0 Å². The molecule has 0 radical (unpaired) electrons. The predicted molar refractivity (Wildman–Crippen MR) is 87.9 cm³/mol. The van der Waals surface area contributed by atoms with Crippen LogP contribution in [-0.4, -0.2) is 5.91 Å². The van der Waals surface area contributed by atoms with Gasteiger partial charge in [0.1, 0.15) is 0 Å². The van der Waals surface area contributed by atoms with E-state index in [1.807, 2.05) is 24.3 Å². The number of carbonyl (C=O) groups is 1. The van der Waals surface area contributed by atoms with Gasteiger partial charge in [-0.15, -0.1) is 0 Å². The Morgan fingerprint density at radius 1 is 1.05 bits per heavy atom. The lowest BCUT2D eigenvalue weighted by Gasteiger charge is -2.07. The maximum Gasteiger partial charge on any atom is 0.228 e. The summed E-state index contributed by atoms with van der Waals surface area (Å²) in [4.78, 5) is 12.0. The van der Waals surface area contributed by atoms with Gasteiger partial charge < -0.3 is 5.32 Å². The molecule has 104 valence electrons. The highest BCUT2D eigenvalue weighted by molar-refractivity contribution is 9.08. The number of carbonyl (C=O) groups excluding carboxylic acids is 1. The van der Waals surface area contributed by atoms with Crippen molar-refractivity contribution >= 4 is 50.7 Å². The summed E-state index contributed by atoms with van der Waals surface area (Å²) in [6.45, 7) is 0. The molecule has 0 aliphatic rings. The van der Waals surface area contributed by atoms with Crippen LogP contribution >= 0.6 is 39.1 Å². The average molecular weight is 373 g/mol. The van der Waals surface area contributed by atoms with Crippen LogP contribution in [0.25, 0.3) is 0 Å². The van der Waals surface area contributed by atoms with Gasteiger partial charge in [0.2, 0.25) is 5.91 Å². The second-order valence-electron chi connectivity index (χ2n) is 4.31. The molecule has 0 aromatic heterocycles. The van der Waals surface area contributed by atoms with Gasteiger partial charge in [0.15, 0.2) is 0 Å². The van der Waals surface area contributed by atoms with E-state index in [0.717, 1.165) is 22.1 Å². The highest BCUT2D eigenvalue weighted by Crippen LogP contribution is 2.23. The predicted octanol–water partition coefficient (Wildman–Crippen LogP) is 5.07. The maximum atomic E-state index is 12.0. The standard InChI is InChI=1S/C15H12BrCl2NO/c16-9-11-2-1-3-12(6-11)19-15(20)8-10-4-5-13(17)14(18)7-10/h1-7H,8-9H2,(H,19,20). The molecule has 2 nitrogen and oxygen atoms in total. The van der Waals surface area contributed by atoms with E-state index in [1.54, 1.807) is 18.2 Å². The van der Waals surface area contributed by atoms with Gasteiger partial charge in [0.05, 0.1) is 16.5 Å². The molecule has 0 aliphatic carbocycles. The van der Waals surface area contributed by atoms with E-state index in [4.69, 9.17) is 23.2 Å². The van der Waals surface area contributed by atoms with Crippen molar-refractivity contribution in [1.82, 2.24) is 0 Å². The number of benzene rings is 2. The number of hydrogen-bond acceptors (Lipinski definition) is 1. The van der Waals surface area contributed by atoms with Crippen LogP contribution in [0.3, 0.4) is 0 Å². The van der Waals surface area contributed by atoms with Gasteiger partial charge in [-0.3, -0.25) is 4.79 Å². The molecule has 2 aromatic carbocycles. The van der Waals surface area contributed by atoms with Crippen LogP contribution in [0.1, 0.15) is 11.1 Å². The molecule has 0 unspecified atom stereocenters. The molecule has 0 bridgehead atoms. The minimum atomic E-state index is -0.0879. The Hall–Kier alpha value is -1.03. The average Bonchev–Trinajstić information content (AvgIpc) is 2.43. The molecule has 1 amide bonds. The first-order valence-electron chi connectivity index (χ1n) is 5.97. The molecule has 0 saturated heterocycles. The fraction of sp³-hybridized carbons (Fsp3) is 0.133. The summed E-state index contributed by atoms with van der Waals surface area (Å²) >= 11 is 15.2.